The lowest BCUT2D eigenvalue weighted by molar-refractivity contribution is 0.0691. The summed E-state index contributed by atoms with van der Waals surface area (Å²) in [5.74, 6) is 1.52. The molecule has 31 heavy (non-hydrogen) atoms. The van der Waals surface area contributed by atoms with E-state index in [1.165, 1.54) is 10.9 Å². The first-order chi connectivity index (χ1) is 15.2. The second-order valence-electron chi connectivity index (χ2n) is 8.14. The van der Waals surface area contributed by atoms with Crippen LogP contribution in [0.25, 0.3) is 10.9 Å². The van der Waals surface area contributed by atoms with Gasteiger partial charge in [-0.1, -0.05) is 42.5 Å². The fourth-order valence-electron chi connectivity index (χ4n) is 4.86. The fourth-order valence-corrected chi connectivity index (χ4v) is 4.86. The molecule has 1 N–H and O–H groups in total. The van der Waals surface area contributed by atoms with Crippen LogP contribution in [-0.2, 0) is 6.42 Å². The summed E-state index contributed by atoms with van der Waals surface area (Å²) < 4.78 is 11.1. The molecule has 5 nitrogen and oxygen atoms in total. The van der Waals surface area contributed by atoms with Gasteiger partial charge < -0.3 is 19.4 Å². The quantitative estimate of drug-likeness (QED) is 0.506. The Morgan fingerprint density at radius 3 is 2.71 bits per heavy atom. The molecule has 3 heterocycles. The van der Waals surface area contributed by atoms with Gasteiger partial charge in [-0.25, -0.2) is 0 Å². The van der Waals surface area contributed by atoms with E-state index in [-0.39, 0.29) is 18.7 Å². The van der Waals surface area contributed by atoms with Crippen LogP contribution in [0, 0.1) is 6.92 Å². The van der Waals surface area contributed by atoms with Gasteiger partial charge in [-0.05, 0) is 54.3 Å². The van der Waals surface area contributed by atoms with Crippen LogP contribution in [0.3, 0.4) is 0 Å². The number of ether oxygens (including phenoxy) is 2. The molecule has 0 bridgehead atoms. The van der Waals surface area contributed by atoms with Gasteiger partial charge in [-0.3, -0.25) is 4.79 Å². The molecule has 154 valence electrons. The standard InChI is InChI=1S/C26H22N2O3/c1-16-6-2-3-7-18(16)26(29)28-13-12-20-19-8-4-5-9-21(19)27-24(20)25(28)17-10-11-22-23(14-17)31-15-30-22/h2-11,14,25,27H,12-13,15H2,1H3. The van der Waals surface area contributed by atoms with Crippen LogP contribution in [0.2, 0.25) is 0 Å². The van der Waals surface area contributed by atoms with Gasteiger partial charge in [0.1, 0.15) is 0 Å². The van der Waals surface area contributed by atoms with Crippen molar-refractivity contribution in [2.24, 2.45) is 0 Å². The Morgan fingerprint density at radius 1 is 1.00 bits per heavy atom. The number of aromatic nitrogens is 1. The molecule has 1 atom stereocenters. The van der Waals surface area contributed by atoms with Crippen molar-refractivity contribution >= 4 is 16.8 Å². The van der Waals surface area contributed by atoms with Crippen molar-refractivity contribution in [1.82, 2.24) is 9.88 Å². The zero-order valence-electron chi connectivity index (χ0n) is 17.2. The molecule has 1 unspecified atom stereocenters. The number of H-pyrrole nitrogens is 1. The lowest BCUT2D eigenvalue weighted by Gasteiger charge is -2.36. The molecule has 0 saturated carbocycles. The number of carbonyl (C=O) groups excluding carboxylic acids is 1. The van der Waals surface area contributed by atoms with Gasteiger partial charge in [0.15, 0.2) is 11.5 Å². The third kappa shape index (κ3) is 2.81. The Balaban J connectivity index is 1.53. The van der Waals surface area contributed by atoms with E-state index in [1.54, 1.807) is 0 Å². The van der Waals surface area contributed by atoms with Crippen molar-refractivity contribution in [2.75, 3.05) is 13.3 Å². The van der Waals surface area contributed by atoms with Crippen molar-refractivity contribution in [3.8, 4) is 11.5 Å². The number of nitrogens with zero attached hydrogens (tertiary/aromatic N) is 1. The maximum Gasteiger partial charge on any atom is 0.254 e. The third-order valence-corrected chi connectivity index (χ3v) is 6.38. The number of hydrogen-bond acceptors (Lipinski definition) is 3. The van der Waals surface area contributed by atoms with E-state index in [9.17, 15) is 4.79 Å². The number of carbonyl (C=O) groups is 1. The summed E-state index contributed by atoms with van der Waals surface area (Å²) >= 11 is 0. The average molecular weight is 410 g/mol. The number of para-hydroxylation sites is 1. The molecule has 6 rings (SSSR count). The summed E-state index contributed by atoms with van der Waals surface area (Å²) in [4.78, 5) is 19.3. The lowest BCUT2D eigenvalue weighted by Crippen LogP contribution is -2.40. The SMILES string of the molecule is Cc1ccccc1C(=O)N1CCc2c([nH]c3ccccc23)C1c1ccc2c(c1)OCO2. The number of nitrogens with one attached hydrogen (secondary N) is 1. The first kappa shape index (κ1) is 18.1. The second kappa shape index (κ2) is 6.91. The second-order valence-corrected chi connectivity index (χ2v) is 8.14. The largest absolute Gasteiger partial charge is 0.454 e. The smallest absolute Gasteiger partial charge is 0.254 e. The number of hydrogen-bond donors (Lipinski definition) is 1. The number of aryl methyl sites for hydroxylation is 1. The van der Waals surface area contributed by atoms with E-state index in [1.807, 2.05) is 60.4 Å². The van der Waals surface area contributed by atoms with Gasteiger partial charge in [0.2, 0.25) is 6.79 Å². The fraction of sp³-hybridized carbons (Fsp3) is 0.192. The van der Waals surface area contributed by atoms with Crippen LogP contribution >= 0.6 is 0 Å². The van der Waals surface area contributed by atoms with E-state index >= 15 is 0 Å². The number of aromatic amines is 1. The van der Waals surface area contributed by atoms with Crippen molar-refractivity contribution in [2.45, 2.75) is 19.4 Å². The van der Waals surface area contributed by atoms with E-state index < -0.39 is 0 Å². The topological polar surface area (TPSA) is 54.6 Å². The van der Waals surface area contributed by atoms with Crippen LogP contribution in [0.15, 0.2) is 66.7 Å². The van der Waals surface area contributed by atoms with Crippen molar-refractivity contribution < 1.29 is 14.3 Å². The number of rotatable bonds is 2. The van der Waals surface area contributed by atoms with Gasteiger partial charge in [0.05, 0.1) is 6.04 Å². The van der Waals surface area contributed by atoms with E-state index in [2.05, 4.69) is 23.2 Å². The molecule has 1 aromatic heterocycles. The molecule has 0 aliphatic carbocycles. The summed E-state index contributed by atoms with van der Waals surface area (Å²) in [6.45, 7) is 2.87. The first-order valence-electron chi connectivity index (χ1n) is 10.6. The average Bonchev–Trinajstić information content (AvgIpc) is 3.42. The summed E-state index contributed by atoms with van der Waals surface area (Å²) in [5.41, 5.74) is 6.20. The summed E-state index contributed by atoms with van der Waals surface area (Å²) in [6, 6.07) is 21.9. The van der Waals surface area contributed by atoms with Gasteiger partial charge in [-0.15, -0.1) is 0 Å². The van der Waals surface area contributed by atoms with Gasteiger partial charge in [0, 0.05) is 28.7 Å². The van der Waals surface area contributed by atoms with Crippen molar-refractivity contribution in [3.63, 3.8) is 0 Å². The van der Waals surface area contributed by atoms with Gasteiger partial charge in [-0.2, -0.15) is 0 Å². The molecule has 2 aliphatic rings. The highest BCUT2D eigenvalue weighted by Gasteiger charge is 2.36. The molecule has 4 aromatic rings. The van der Waals surface area contributed by atoms with Gasteiger partial charge in [0.25, 0.3) is 5.91 Å². The van der Waals surface area contributed by atoms with Gasteiger partial charge >= 0.3 is 0 Å². The monoisotopic (exact) mass is 410 g/mol. The summed E-state index contributed by atoms with van der Waals surface area (Å²) in [5, 5.41) is 1.23. The third-order valence-electron chi connectivity index (χ3n) is 6.38. The molecule has 2 aliphatic heterocycles. The Bertz CT molecular complexity index is 1320. The maximum absolute atomic E-state index is 13.7. The molecule has 0 fully saturated rings. The Kier molecular flexibility index (Phi) is 4.03. The molecule has 0 radical (unpaired) electrons. The zero-order valence-corrected chi connectivity index (χ0v) is 17.2. The highest BCUT2D eigenvalue weighted by Crippen LogP contribution is 2.42. The molecule has 0 spiro atoms. The Labute approximate surface area is 180 Å². The molecule has 3 aromatic carbocycles. The van der Waals surface area contributed by atoms with Crippen molar-refractivity contribution in [3.05, 3.63) is 94.7 Å². The van der Waals surface area contributed by atoms with Crippen molar-refractivity contribution in [1.29, 1.82) is 0 Å². The predicted molar refractivity (Wildman–Crippen MR) is 119 cm³/mol. The molecule has 0 saturated heterocycles. The van der Waals surface area contributed by atoms with Crippen LogP contribution in [0.1, 0.15) is 38.8 Å². The minimum Gasteiger partial charge on any atom is -0.454 e. The zero-order chi connectivity index (χ0) is 20.9. The van der Waals surface area contributed by atoms with E-state index in [0.29, 0.717) is 6.54 Å². The maximum atomic E-state index is 13.7. The molecule has 1 amide bonds. The summed E-state index contributed by atoms with van der Waals surface area (Å²) in [6.07, 6.45) is 0.817. The minimum absolute atomic E-state index is 0.0464. The minimum atomic E-state index is -0.224. The van der Waals surface area contributed by atoms with E-state index in [0.717, 1.165) is 45.8 Å². The van der Waals surface area contributed by atoms with Crippen LogP contribution < -0.4 is 9.47 Å². The lowest BCUT2D eigenvalue weighted by atomic mass is 9.91. The number of benzene rings is 3. The normalized spacial score (nSPS) is 17.1. The summed E-state index contributed by atoms with van der Waals surface area (Å²) in [7, 11) is 0. The van der Waals surface area contributed by atoms with E-state index in [4.69, 9.17) is 9.47 Å². The van der Waals surface area contributed by atoms with Crippen LogP contribution in [0.5, 0.6) is 11.5 Å². The predicted octanol–water partition coefficient (Wildman–Crippen LogP) is 4.99. The Morgan fingerprint density at radius 2 is 1.81 bits per heavy atom. The number of fused-ring (bicyclic) bond motifs is 4. The Hall–Kier alpha value is -3.73. The number of amides is 1. The van der Waals surface area contributed by atoms with Crippen LogP contribution in [-0.4, -0.2) is 29.1 Å². The first-order valence-corrected chi connectivity index (χ1v) is 10.6. The molecular formula is C26H22N2O3. The molecule has 5 heteroatoms. The molecular weight excluding hydrogens is 388 g/mol. The highest BCUT2D eigenvalue weighted by atomic mass is 16.7. The van der Waals surface area contributed by atoms with Crippen LogP contribution in [0.4, 0.5) is 0 Å². The highest BCUT2D eigenvalue weighted by molar-refractivity contribution is 5.97.